The maximum atomic E-state index is 12.6. The van der Waals surface area contributed by atoms with Crippen molar-refractivity contribution in [2.24, 2.45) is 0 Å². The Hall–Kier alpha value is -1.64. The van der Waals surface area contributed by atoms with Crippen LogP contribution in [0.1, 0.15) is 19.8 Å². The lowest BCUT2D eigenvalue weighted by atomic mass is 10.1. The normalized spacial score (nSPS) is 23.5. The van der Waals surface area contributed by atoms with Gasteiger partial charge in [-0.1, -0.05) is 6.07 Å². The van der Waals surface area contributed by atoms with Crippen LogP contribution in [-0.4, -0.2) is 36.6 Å². The number of pyridine rings is 1. The van der Waals surface area contributed by atoms with Gasteiger partial charge in [-0.2, -0.15) is 0 Å². The largest absolute Gasteiger partial charge is 0.381 e. The van der Waals surface area contributed by atoms with E-state index in [0.29, 0.717) is 25.1 Å². The van der Waals surface area contributed by atoms with E-state index < -0.39 is 10.0 Å². The molecule has 0 bridgehead atoms. The van der Waals surface area contributed by atoms with Crippen LogP contribution in [0.2, 0.25) is 0 Å². The molecule has 8 heteroatoms. The summed E-state index contributed by atoms with van der Waals surface area (Å²) in [7, 11) is -3.73. The van der Waals surface area contributed by atoms with Gasteiger partial charge in [-0.3, -0.25) is 4.40 Å². The molecule has 1 saturated heterocycles. The number of anilines is 1. The molecule has 0 saturated carbocycles. The predicted octanol–water partition coefficient (Wildman–Crippen LogP) is 0.762. The Morgan fingerprint density at radius 1 is 1.48 bits per heavy atom. The number of nitrogens with two attached hydrogens (primary N) is 1. The summed E-state index contributed by atoms with van der Waals surface area (Å²) < 4.78 is 34.8. The molecular formula is C13H18N4O3S. The van der Waals surface area contributed by atoms with E-state index in [-0.39, 0.29) is 23.0 Å². The lowest BCUT2D eigenvalue weighted by Crippen LogP contribution is -2.41. The van der Waals surface area contributed by atoms with E-state index in [0.717, 1.165) is 0 Å². The van der Waals surface area contributed by atoms with Gasteiger partial charge in [0.25, 0.3) is 10.0 Å². The highest BCUT2D eigenvalue weighted by atomic mass is 32.2. The molecule has 1 aliphatic heterocycles. The first-order valence-corrected chi connectivity index (χ1v) is 8.32. The average Bonchev–Trinajstić information content (AvgIpc) is 2.74. The van der Waals surface area contributed by atoms with Crippen LogP contribution in [0.4, 0.5) is 5.82 Å². The maximum Gasteiger partial charge on any atom is 0.260 e. The van der Waals surface area contributed by atoms with Crippen molar-refractivity contribution in [3.63, 3.8) is 0 Å². The molecule has 0 aliphatic carbocycles. The van der Waals surface area contributed by atoms with Crippen LogP contribution in [0.25, 0.3) is 5.65 Å². The van der Waals surface area contributed by atoms with E-state index in [4.69, 9.17) is 10.5 Å². The molecule has 0 amide bonds. The number of nitrogen functional groups attached to an aromatic ring is 1. The number of hydrogen-bond donors (Lipinski definition) is 2. The van der Waals surface area contributed by atoms with Gasteiger partial charge in [-0.15, -0.1) is 0 Å². The molecule has 0 aromatic carbocycles. The first-order chi connectivity index (χ1) is 9.97. The van der Waals surface area contributed by atoms with Gasteiger partial charge in [-0.05, 0) is 31.9 Å². The van der Waals surface area contributed by atoms with E-state index in [2.05, 4.69) is 9.71 Å². The summed E-state index contributed by atoms with van der Waals surface area (Å²) in [6.45, 7) is 2.49. The van der Waals surface area contributed by atoms with E-state index >= 15 is 0 Å². The van der Waals surface area contributed by atoms with Crippen molar-refractivity contribution in [2.75, 3.05) is 12.3 Å². The van der Waals surface area contributed by atoms with Crippen molar-refractivity contribution in [2.45, 2.75) is 36.9 Å². The van der Waals surface area contributed by atoms with Crippen molar-refractivity contribution in [3.8, 4) is 0 Å². The fourth-order valence-electron chi connectivity index (χ4n) is 2.64. The van der Waals surface area contributed by atoms with Gasteiger partial charge in [0.15, 0.2) is 10.8 Å². The van der Waals surface area contributed by atoms with Gasteiger partial charge >= 0.3 is 0 Å². The predicted molar refractivity (Wildman–Crippen MR) is 78.4 cm³/mol. The SMILES string of the molecule is CC1CC(NS(=O)(=O)c2c(N)nc3ccccn23)CCO1. The second-order valence-corrected chi connectivity index (χ2v) is 6.88. The number of nitrogens with zero attached hydrogens (tertiary/aromatic N) is 2. The first-order valence-electron chi connectivity index (χ1n) is 6.84. The summed E-state index contributed by atoms with van der Waals surface area (Å²) in [4.78, 5) is 4.08. The minimum absolute atomic E-state index is 0.00255. The molecule has 1 aliphatic rings. The molecule has 1 fully saturated rings. The molecule has 7 nitrogen and oxygen atoms in total. The molecule has 21 heavy (non-hydrogen) atoms. The summed E-state index contributed by atoms with van der Waals surface area (Å²) in [5.41, 5.74) is 6.31. The van der Waals surface area contributed by atoms with Gasteiger partial charge in [0.1, 0.15) is 5.65 Å². The van der Waals surface area contributed by atoms with Gasteiger partial charge in [0.05, 0.1) is 6.10 Å². The minimum Gasteiger partial charge on any atom is -0.381 e. The molecule has 3 heterocycles. The number of imidazole rings is 1. The molecule has 2 atom stereocenters. The number of rotatable bonds is 3. The van der Waals surface area contributed by atoms with Crippen molar-refractivity contribution >= 4 is 21.5 Å². The van der Waals surface area contributed by atoms with Crippen molar-refractivity contribution in [1.29, 1.82) is 0 Å². The molecule has 3 N–H and O–H groups in total. The average molecular weight is 310 g/mol. The molecule has 2 aromatic heterocycles. The van der Waals surface area contributed by atoms with Crippen LogP contribution in [0.3, 0.4) is 0 Å². The summed E-state index contributed by atoms with van der Waals surface area (Å²) in [5, 5.41) is -0.00255. The zero-order valence-corrected chi connectivity index (χ0v) is 12.5. The topological polar surface area (TPSA) is 98.7 Å². The minimum atomic E-state index is -3.73. The number of ether oxygens (including phenoxy) is 1. The van der Waals surface area contributed by atoms with E-state index in [1.807, 2.05) is 6.92 Å². The number of hydrogen-bond acceptors (Lipinski definition) is 5. The number of fused-ring (bicyclic) bond motifs is 1. The monoisotopic (exact) mass is 310 g/mol. The highest BCUT2D eigenvalue weighted by Crippen LogP contribution is 2.22. The van der Waals surface area contributed by atoms with Crippen LogP contribution in [-0.2, 0) is 14.8 Å². The Morgan fingerprint density at radius 2 is 2.29 bits per heavy atom. The Bertz CT molecular complexity index is 756. The van der Waals surface area contributed by atoms with Gasteiger partial charge in [-0.25, -0.2) is 18.1 Å². The number of aromatic nitrogens is 2. The Labute approximate surface area is 123 Å². The van der Waals surface area contributed by atoms with Gasteiger partial charge in [0.2, 0.25) is 0 Å². The smallest absolute Gasteiger partial charge is 0.260 e. The van der Waals surface area contributed by atoms with Crippen molar-refractivity contribution < 1.29 is 13.2 Å². The molecular weight excluding hydrogens is 292 g/mol. The summed E-state index contributed by atoms with van der Waals surface area (Å²) >= 11 is 0. The molecule has 2 aromatic rings. The molecule has 114 valence electrons. The van der Waals surface area contributed by atoms with Crippen LogP contribution in [0.15, 0.2) is 29.4 Å². The number of nitrogens with one attached hydrogen (secondary N) is 1. The lowest BCUT2D eigenvalue weighted by molar-refractivity contribution is 0.0173. The quantitative estimate of drug-likeness (QED) is 0.872. The number of sulfonamides is 1. The third-order valence-electron chi connectivity index (χ3n) is 3.57. The zero-order chi connectivity index (χ0) is 15.0. The van der Waals surface area contributed by atoms with Gasteiger partial charge < -0.3 is 10.5 Å². The van der Waals surface area contributed by atoms with Gasteiger partial charge in [0, 0.05) is 18.8 Å². The first kappa shape index (κ1) is 14.3. The maximum absolute atomic E-state index is 12.6. The standard InChI is InChI=1S/C13H18N4O3S/c1-9-8-10(5-7-20-9)16-21(18,19)13-12(14)15-11-4-2-3-6-17(11)13/h2-4,6,9-10,16H,5,7-8,14H2,1H3. The second-order valence-electron chi connectivity index (χ2n) is 5.26. The molecule has 3 rings (SSSR count). The highest BCUT2D eigenvalue weighted by Gasteiger charge is 2.29. The fourth-order valence-corrected chi connectivity index (χ4v) is 4.14. The Balaban J connectivity index is 1.95. The van der Waals surface area contributed by atoms with E-state index in [1.165, 1.54) is 4.40 Å². The highest BCUT2D eigenvalue weighted by molar-refractivity contribution is 7.89. The molecule has 0 spiro atoms. The van der Waals surface area contributed by atoms with Crippen LogP contribution in [0.5, 0.6) is 0 Å². The van der Waals surface area contributed by atoms with Crippen LogP contribution in [0, 0.1) is 0 Å². The third-order valence-corrected chi connectivity index (χ3v) is 5.13. The van der Waals surface area contributed by atoms with Crippen molar-refractivity contribution in [1.82, 2.24) is 14.1 Å². The summed E-state index contributed by atoms with van der Waals surface area (Å²) in [5.74, 6) is 0.00816. The van der Waals surface area contributed by atoms with E-state index in [9.17, 15) is 8.42 Å². The molecule has 0 radical (unpaired) electrons. The van der Waals surface area contributed by atoms with E-state index in [1.54, 1.807) is 24.4 Å². The second kappa shape index (κ2) is 5.28. The zero-order valence-electron chi connectivity index (χ0n) is 11.7. The fraction of sp³-hybridized carbons (Fsp3) is 0.462. The van der Waals surface area contributed by atoms with Crippen LogP contribution < -0.4 is 10.5 Å². The lowest BCUT2D eigenvalue weighted by Gasteiger charge is -2.27. The summed E-state index contributed by atoms with van der Waals surface area (Å²) in [6, 6.07) is 5.09. The van der Waals surface area contributed by atoms with Crippen molar-refractivity contribution in [3.05, 3.63) is 24.4 Å². The van der Waals surface area contributed by atoms with Crippen LogP contribution >= 0.6 is 0 Å². The summed E-state index contributed by atoms with van der Waals surface area (Å²) in [6.07, 6.45) is 2.99. The Kier molecular flexibility index (Phi) is 3.60. The third kappa shape index (κ3) is 2.74. The Morgan fingerprint density at radius 3 is 3.05 bits per heavy atom. The molecule has 2 unspecified atom stereocenters.